The molecule has 43 heavy (non-hydrogen) atoms. The van der Waals surface area contributed by atoms with Gasteiger partial charge in [-0.15, -0.1) is 11.3 Å². The summed E-state index contributed by atoms with van der Waals surface area (Å²) in [5, 5.41) is 7.47. The van der Waals surface area contributed by atoms with E-state index in [1.54, 1.807) is 0 Å². The highest BCUT2D eigenvalue weighted by Crippen LogP contribution is 2.49. The van der Waals surface area contributed by atoms with Crippen molar-refractivity contribution in [1.82, 2.24) is 14.5 Å². The van der Waals surface area contributed by atoms with E-state index in [1.807, 2.05) is 35.9 Å². The van der Waals surface area contributed by atoms with Crippen LogP contribution >= 0.6 is 11.3 Å². The van der Waals surface area contributed by atoms with E-state index in [4.69, 9.17) is 0 Å². The summed E-state index contributed by atoms with van der Waals surface area (Å²) < 4.78 is 4.92. The molecular weight excluding hydrogens is 543 g/mol. The number of hydrogen-bond donors (Lipinski definition) is 0. The molecule has 0 aliphatic rings. The number of rotatable bonds is 5. The minimum atomic E-state index is 0.749. The Kier molecular flexibility index (Phi) is 6.02. The zero-order valence-electron chi connectivity index (χ0n) is 23.7. The van der Waals surface area contributed by atoms with Crippen LogP contribution in [0, 0.1) is 0 Å². The fourth-order valence-corrected chi connectivity index (χ4v) is 7.79. The van der Waals surface area contributed by atoms with Gasteiger partial charge >= 0.3 is 0 Å². The van der Waals surface area contributed by atoms with Gasteiger partial charge in [-0.2, -0.15) is 0 Å². The maximum Gasteiger partial charge on any atom is 0.160 e. The Morgan fingerprint density at radius 2 is 1.49 bits per heavy atom. The summed E-state index contributed by atoms with van der Waals surface area (Å²) in [7, 11) is 0. The Morgan fingerprint density at radius 3 is 2.28 bits per heavy atom. The lowest BCUT2D eigenvalue weighted by atomic mass is 9.98. The molecule has 204 valence electrons. The highest BCUT2D eigenvalue weighted by atomic mass is 32.1. The smallest absolute Gasteiger partial charge is 0.160 e. The molecule has 0 fully saturated rings. The number of hydrogen-bond acceptors (Lipinski definition) is 3. The average Bonchev–Trinajstić information content (AvgIpc) is 3.62. The van der Waals surface area contributed by atoms with Crippen LogP contribution in [0.2, 0.25) is 0 Å². The van der Waals surface area contributed by atoms with Crippen LogP contribution in [0.15, 0.2) is 140 Å². The molecule has 0 N–H and O–H groups in total. The molecule has 0 aliphatic heterocycles. The normalized spacial score (nSPS) is 12.4. The van der Waals surface area contributed by atoms with E-state index in [-0.39, 0.29) is 0 Å². The minimum absolute atomic E-state index is 0.749. The fraction of sp³-hybridized carbons (Fsp3) is 0.0256. The number of fused-ring (bicyclic) bond motifs is 10. The molecule has 0 saturated heterocycles. The number of thiophene rings is 1. The van der Waals surface area contributed by atoms with E-state index in [0.29, 0.717) is 0 Å². The van der Waals surface area contributed by atoms with Gasteiger partial charge in [0.1, 0.15) is 0 Å². The number of benzene rings is 5. The third-order valence-electron chi connectivity index (χ3n) is 8.16. The third kappa shape index (κ3) is 3.88. The van der Waals surface area contributed by atoms with Crippen LogP contribution < -0.4 is 0 Å². The molecule has 8 rings (SSSR count). The lowest BCUT2D eigenvalue weighted by molar-refractivity contribution is 1.18. The summed E-state index contributed by atoms with van der Waals surface area (Å²) in [6.07, 6.45) is 11.9. The molecule has 0 amide bonds. The lowest BCUT2D eigenvalue weighted by Crippen LogP contribution is -1.95. The highest BCUT2D eigenvalue weighted by Gasteiger charge is 2.23. The predicted octanol–water partition coefficient (Wildman–Crippen LogP) is 11.0. The van der Waals surface area contributed by atoms with Gasteiger partial charge in [0.05, 0.1) is 11.0 Å². The first-order valence-corrected chi connectivity index (χ1v) is 15.2. The van der Waals surface area contributed by atoms with Crippen molar-refractivity contribution < 1.29 is 0 Å². The van der Waals surface area contributed by atoms with Crippen LogP contribution in [-0.2, 0) is 0 Å². The van der Waals surface area contributed by atoms with Gasteiger partial charge in [0.2, 0.25) is 0 Å². The highest BCUT2D eigenvalue weighted by molar-refractivity contribution is 7.27. The van der Waals surface area contributed by atoms with Crippen molar-refractivity contribution >= 4 is 69.8 Å². The van der Waals surface area contributed by atoms with E-state index in [0.717, 1.165) is 17.1 Å². The second kappa shape index (κ2) is 10.2. The summed E-state index contributed by atoms with van der Waals surface area (Å²) >= 11 is 1.84. The summed E-state index contributed by atoms with van der Waals surface area (Å²) in [6, 6.07) is 34.7. The SMILES string of the molecule is C=C/C=C(\C=C/C)n1c2cc(-c3ccccc3)ccc2c2c3c4cccc(-c5ncccn5)c4sc3c3ccccc3c21. The van der Waals surface area contributed by atoms with Crippen LogP contribution in [0.5, 0.6) is 0 Å². The van der Waals surface area contributed by atoms with Crippen molar-refractivity contribution in [1.29, 1.82) is 0 Å². The van der Waals surface area contributed by atoms with Crippen molar-refractivity contribution in [2.75, 3.05) is 0 Å². The van der Waals surface area contributed by atoms with Crippen molar-refractivity contribution in [2.24, 2.45) is 0 Å². The van der Waals surface area contributed by atoms with Gasteiger partial charge in [0.25, 0.3) is 0 Å². The Morgan fingerprint density at radius 1 is 0.721 bits per heavy atom. The Balaban J connectivity index is 1.63. The van der Waals surface area contributed by atoms with Crippen LogP contribution in [0.4, 0.5) is 0 Å². The molecule has 5 aromatic carbocycles. The van der Waals surface area contributed by atoms with Crippen molar-refractivity contribution in [3.8, 4) is 22.5 Å². The first-order valence-electron chi connectivity index (χ1n) is 14.4. The van der Waals surface area contributed by atoms with Crippen LogP contribution in [0.25, 0.3) is 81.0 Å². The van der Waals surface area contributed by atoms with Gasteiger partial charge in [0.15, 0.2) is 5.82 Å². The van der Waals surface area contributed by atoms with Crippen molar-refractivity contribution in [3.05, 3.63) is 140 Å². The number of allylic oxidation sites excluding steroid dienone is 5. The molecule has 0 saturated carbocycles. The Labute approximate surface area is 253 Å². The van der Waals surface area contributed by atoms with E-state index in [1.165, 1.54) is 63.9 Å². The van der Waals surface area contributed by atoms with Crippen molar-refractivity contribution in [2.45, 2.75) is 6.92 Å². The molecule has 0 aliphatic carbocycles. The molecule has 3 aromatic heterocycles. The van der Waals surface area contributed by atoms with Crippen LogP contribution in [-0.4, -0.2) is 14.5 Å². The second-order valence-electron chi connectivity index (χ2n) is 10.6. The van der Waals surface area contributed by atoms with Gasteiger partial charge in [-0.25, -0.2) is 9.97 Å². The first-order chi connectivity index (χ1) is 21.3. The standard InChI is InChI=1S/C39H27N3S/c1-3-12-27(13-4-2)42-33-24-26(25-14-6-5-7-15-25)20-21-30(33)34-35-31-18-10-19-32(39-40-22-11-23-41-39)37(31)43-38(35)29-17-9-8-16-28(29)36(34)42/h3-24H,1H2,2H3/b13-4-,27-12+. The van der Waals surface area contributed by atoms with Gasteiger partial charge in [0, 0.05) is 65.4 Å². The zero-order chi connectivity index (χ0) is 28.9. The molecule has 0 atom stereocenters. The molecule has 8 aromatic rings. The summed E-state index contributed by atoms with van der Waals surface area (Å²) in [6.45, 7) is 6.13. The molecule has 3 heterocycles. The summed E-state index contributed by atoms with van der Waals surface area (Å²) in [4.78, 5) is 9.24. The second-order valence-corrected chi connectivity index (χ2v) is 11.6. The van der Waals surface area contributed by atoms with E-state index < -0.39 is 0 Å². The number of aromatic nitrogens is 3. The van der Waals surface area contributed by atoms with Gasteiger partial charge in [-0.1, -0.05) is 97.6 Å². The van der Waals surface area contributed by atoms with Gasteiger partial charge in [-0.05, 0) is 48.4 Å². The Hall–Kier alpha value is -5.32. The summed E-state index contributed by atoms with van der Waals surface area (Å²) in [5.41, 5.74) is 6.90. The monoisotopic (exact) mass is 569 g/mol. The molecule has 0 unspecified atom stereocenters. The molecule has 4 heteroatoms. The van der Waals surface area contributed by atoms with Crippen molar-refractivity contribution in [3.63, 3.8) is 0 Å². The van der Waals surface area contributed by atoms with Gasteiger partial charge < -0.3 is 4.57 Å². The van der Waals surface area contributed by atoms with E-state index in [2.05, 4.69) is 137 Å². The molecule has 0 bridgehead atoms. The molecule has 0 spiro atoms. The maximum absolute atomic E-state index is 4.62. The molecular formula is C39H27N3S. The molecule has 3 nitrogen and oxygen atoms in total. The maximum atomic E-state index is 4.62. The average molecular weight is 570 g/mol. The fourth-order valence-electron chi connectivity index (χ4n) is 6.43. The van der Waals surface area contributed by atoms with Crippen LogP contribution in [0.3, 0.4) is 0 Å². The lowest BCUT2D eigenvalue weighted by Gasteiger charge is -2.12. The topological polar surface area (TPSA) is 30.7 Å². The summed E-state index contributed by atoms with van der Waals surface area (Å²) in [5.74, 6) is 0.749. The quantitative estimate of drug-likeness (QED) is 0.193. The van der Waals surface area contributed by atoms with E-state index >= 15 is 0 Å². The predicted molar refractivity (Wildman–Crippen MR) is 186 cm³/mol. The molecule has 0 radical (unpaired) electrons. The largest absolute Gasteiger partial charge is 0.309 e. The first kappa shape index (κ1) is 25.4. The minimum Gasteiger partial charge on any atom is -0.309 e. The third-order valence-corrected chi connectivity index (χ3v) is 9.43. The number of nitrogens with zero attached hydrogens (tertiary/aromatic N) is 3. The van der Waals surface area contributed by atoms with E-state index in [9.17, 15) is 0 Å². The zero-order valence-corrected chi connectivity index (χ0v) is 24.5. The Bertz CT molecular complexity index is 2410. The van der Waals surface area contributed by atoms with Gasteiger partial charge in [-0.3, -0.25) is 0 Å². The van der Waals surface area contributed by atoms with Crippen LogP contribution in [0.1, 0.15) is 6.92 Å².